The van der Waals surface area contributed by atoms with E-state index in [4.69, 9.17) is 4.74 Å². The van der Waals surface area contributed by atoms with Gasteiger partial charge >= 0.3 is 6.18 Å². The molecule has 1 aromatic carbocycles. The Labute approximate surface area is 240 Å². The molecule has 5 rings (SSSR count). The standard InChI is InChI=1S/C29H30F4N6O2Si/c1-38-16-23(29(31,32)33)36-28(38)19-9-7-18(8-10-19)25(40)21-15-39(17-41-12-13-42(2,3)4)22-14-35-27(37-24(21)22)20-6-5-11-34-26(20)30/h5-11,14-16,25,40H,12-13,17H2,1-4H3. The lowest BCUT2D eigenvalue weighted by atomic mass is 10.0. The maximum atomic E-state index is 14.4. The van der Waals surface area contributed by atoms with Gasteiger partial charge in [-0.15, -0.1) is 0 Å². The topological polar surface area (TPSA) is 90.9 Å². The van der Waals surface area contributed by atoms with Crippen LogP contribution in [0.3, 0.4) is 0 Å². The van der Waals surface area contributed by atoms with E-state index in [1.165, 1.54) is 23.9 Å². The summed E-state index contributed by atoms with van der Waals surface area (Å²) in [6.07, 6.45) is -0.161. The van der Waals surface area contributed by atoms with Crippen molar-refractivity contribution in [3.05, 3.63) is 84.0 Å². The highest BCUT2D eigenvalue weighted by Crippen LogP contribution is 2.34. The van der Waals surface area contributed by atoms with E-state index in [0.717, 1.165) is 12.2 Å². The van der Waals surface area contributed by atoms with Crippen LogP contribution in [0, 0.1) is 5.95 Å². The maximum Gasteiger partial charge on any atom is 0.434 e. The molecule has 0 saturated heterocycles. The van der Waals surface area contributed by atoms with Gasteiger partial charge in [0, 0.05) is 51.4 Å². The SMILES string of the molecule is Cn1cc(C(F)(F)F)nc1-c1ccc(C(O)c2cn(COCC[Si](C)(C)C)c3cnc(-c4cccnc4F)nc23)cc1. The minimum absolute atomic E-state index is 0.115. The third kappa shape index (κ3) is 6.27. The first-order valence-corrected chi connectivity index (χ1v) is 17.0. The first-order valence-electron chi connectivity index (χ1n) is 13.3. The van der Waals surface area contributed by atoms with Gasteiger partial charge in [0.1, 0.15) is 18.7 Å². The molecule has 0 aliphatic carbocycles. The fourth-order valence-corrected chi connectivity index (χ4v) is 5.25. The summed E-state index contributed by atoms with van der Waals surface area (Å²) >= 11 is 0. The molecule has 0 saturated carbocycles. The Hall–Kier alpha value is -3.94. The number of imidazole rings is 1. The summed E-state index contributed by atoms with van der Waals surface area (Å²) in [7, 11) is 0.190. The molecule has 0 spiro atoms. The Bertz CT molecular complexity index is 1710. The van der Waals surface area contributed by atoms with Crippen LogP contribution in [0.2, 0.25) is 25.7 Å². The van der Waals surface area contributed by atoms with Crippen LogP contribution in [0.25, 0.3) is 33.8 Å². The number of pyridine rings is 1. The molecule has 1 N–H and O–H groups in total. The number of aliphatic hydroxyl groups is 1. The monoisotopic (exact) mass is 598 g/mol. The van der Waals surface area contributed by atoms with E-state index in [-0.39, 0.29) is 23.9 Å². The first-order chi connectivity index (χ1) is 19.8. The van der Waals surface area contributed by atoms with Gasteiger partial charge in [-0.2, -0.15) is 17.6 Å². The molecule has 220 valence electrons. The van der Waals surface area contributed by atoms with Crippen molar-refractivity contribution in [2.24, 2.45) is 7.05 Å². The molecule has 5 aromatic rings. The van der Waals surface area contributed by atoms with E-state index in [1.54, 1.807) is 47.3 Å². The molecule has 1 unspecified atom stereocenters. The maximum absolute atomic E-state index is 14.4. The average Bonchev–Trinajstić information content (AvgIpc) is 3.51. The van der Waals surface area contributed by atoms with Gasteiger partial charge in [-0.3, -0.25) is 0 Å². The largest absolute Gasteiger partial charge is 0.434 e. The average molecular weight is 599 g/mol. The number of nitrogens with zero attached hydrogens (tertiary/aromatic N) is 6. The number of fused-ring (bicyclic) bond motifs is 1. The van der Waals surface area contributed by atoms with Crippen LogP contribution in [-0.4, -0.2) is 48.9 Å². The molecule has 0 bridgehead atoms. The fraction of sp³-hybridized carbons (Fsp3) is 0.310. The van der Waals surface area contributed by atoms with Crippen LogP contribution in [0.15, 0.2) is 61.2 Å². The molecule has 0 radical (unpaired) electrons. The van der Waals surface area contributed by atoms with Gasteiger partial charge in [0.05, 0.1) is 22.8 Å². The normalized spacial score (nSPS) is 13.2. The predicted octanol–water partition coefficient (Wildman–Crippen LogP) is 6.45. The van der Waals surface area contributed by atoms with Crippen molar-refractivity contribution in [2.75, 3.05) is 6.61 Å². The van der Waals surface area contributed by atoms with Crippen LogP contribution in [0.1, 0.15) is 22.9 Å². The van der Waals surface area contributed by atoms with E-state index >= 15 is 0 Å². The van der Waals surface area contributed by atoms with Gasteiger partial charge in [-0.25, -0.2) is 19.9 Å². The molecule has 0 amide bonds. The van der Waals surface area contributed by atoms with Crippen molar-refractivity contribution < 1.29 is 27.4 Å². The number of hydrogen-bond donors (Lipinski definition) is 1. The molecule has 4 aromatic heterocycles. The second kappa shape index (κ2) is 11.4. The predicted molar refractivity (Wildman–Crippen MR) is 153 cm³/mol. The van der Waals surface area contributed by atoms with Crippen LogP contribution in [-0.2, 0) is 24.7 Å². The van der Waals surface area contributed by atoms with Gasteiger partial charge in [0.25, 0.3) is 0 Å². The van der Waals surface area contributed by atoms with Crippen LogP contribution in [0.5, 0.6) is 0 Å². The van der Waals surface area contributed by atoms with Gasteiger partial charge in [-0.05, 0) is 23.7 Å². The Kier molecular flexibility index (Phi) is 8.01. The van der Waals surface area contributed by atoms with Gasteiger partial charge in [0.15, 0.2) is 11.5 Å². The quantitative estimate of drug-likeness (QED) is 0.0908. The Morgan fingerprint density at radius 2 is 1.76 bits per heavy atom. The lowest BCUT2D eigenvalue weighted by Crippen LogP contribution is -2.22. The van der Waals surface area contributed by atoms with Crippen molar-refractivity contribution in [3.63, 3.8) is 0 Å². The highest BCUT2D eigenvalue weighted by atomic mass is 28.3. The van der Waals surface area contributed by atoms with E-state index in [9.17, 15) is 22.7 Å². The van der Waals surface area contributed by atoms with Crippen molar-refractivity contribution in [3.8, 4) is 22.8 Å². The number of ether oxygens (including phenoxy) is 1. The molecular formula is C29H30F4N6O2Si. The first kappa shape index (κ1) is 29.5. The number of alkyl halides is 3. The lowest BCUT2D eigenvalue weighted by molar-refractivity contribution is -0.140. The summed E-state index contributed by atoms with van der Waals surface area (Å²) in [6.45, 7) is 7.57. The van der Waals surface area contributed by atoms with Crippen molar-refractivity contribution in [2.45, 2.75) is 44.7 Å². The summed E-state index contributed by atoms with van der Waals surface area (Å²) in [4.78, 5) is 16.4. The van der Waals surface area contributed by atoms with Crippen molar-refractivity contribution >= 4 is 19.1 Å². The van der Waals surface area contributed by atoms with Crippen LogP contribution < -0.4 is 0 Å². The van der Waals surface area contributed by atoms with Crippen molar-refractivity contribution in [1.29, 1.82) is 0 Å². The summed E-state index contributed by atoms with van der Waals surface area (Å²) < 4.78 is 62.9. The minimum atomic E-state index is -4.56. The lowest BCUT2D eigenvalue weighted by Gasteiger charge is -2.15. The van der Waals surface area contributed by atoms with E-state index < -0.39 is 32.0 Å². The van der Waals surface area contributed by atoms with Crippen LogP contribution >= 0.6 is 0 Å². The van der Waals surface area contributed by atoms with E-state index in [0.29, 0.717) is 34.3 Å². The molecule has 42 heavy (non-hydrogen) atoms. The zero-order valence-electron chi connectivity index (χ0n) is 23.5. The molecule has 13 heteroatoms. The summed E-state index contributed by atoms with van der Waals surface area (Å²) in [5.74, 6) is -0.456. The Balaban J connectivity index is 1.49. The minimum Gasteiger partial charge on any atom is -0.384 e. The number of halogens is 4. The molecule has 4 heterocycles. The van der Waals surface area contributed by atoms with Gasteiger partial charge < -0.3 is 19.0 Å². The Morgan fingerprint density at radius 3 is 2.40 bits per heavy atom. The second-order valence-corrected chi connectivity index (χ2v) is 16.9. The summed E-state index contributed by atoms with van der Waals surface area (Å²) in [5.41, 5.74) is 1.52. The van der Waals surface area contributed by atoms with Crippen LogP contribution in [0.4, 0.5) is 17.6 Å². The number of aromatic nitrogens is 6. The third-order valence-electron chi connectivity index (χ3n) is 6.82. The van der Waals surface area contributed by atoms with Gasteiger partial charge in [0.2, 0.25) is 5.95 Å². The second-order valence-electron chi connectivity index (χ2n) is 11.3. The number of rotatable bonds is 9. The van der Waals surface area contributed by atoms with E-state index in [2.05, 4.69) is 39.6 Å². The zero-order valence-corrected chi connectivity index (χ0v) is 24.5. The highest BCUT2D eigenvalue weighted by Gasteiger charge is 2.34. The third-order valence-corrected chi connectivity index (χ3v) is 8.52. The number of aliphatic hydroxyl groups excluding tert-OH is 1. The number of benzene rings is 1. The van der Waals surface area contributed by atoms with E-state index in [1.807, 2.05) is 0 Å². The highest BCUT2D eigenvalue weighted by molar-refractivity contribution is 6.76. The zero-order chi connectivity index (χ0) is 30.2. The molecule has 0 fully saturated rings. The molecular weight excluding hydrogens is 568 g/mol. The van der Waals surface area contributed by atoms with Crippen molar-refractivity contribution in [1.82, 2.24) is 29.1 Å². The summed E-state index contributed by atoms with van der Waals surface area (Å²) in [5, 5.41) is 11.5. The molecule has 1 atom stereocenters. The smallest absolute Gasteiger partial charge is 0.384 e. The molecule has 0 aliphatic rings. The Morgan fingerprint density at radius 1 is 1.02 bits per heavy atom. The molecule has 0 aliphatic heterocycles. The number of hydrogen-bond acceptors (Lipinski definition) is 6. The van der Waals surface area contributed by atoms with Gasteiger partial charge in [-0.1, -0.05) is 43.9 Å². The fourth-order valence-electron chi connectivity index (χ4n) is 4.49. The molecule has 8 nitrogen and oxygen atoms in total. The number of aryl methyl sites for hydroxylation is 1. The summed E-state index contributed by atoms with van der Waals surface area (Å²) in [6, 6.07) is 10.5.